The molecule has 0 saturated heterocycles. The molecule has 0 atom stereocenters. The number of rotatable bonds is 5. The first-order chi connectivity index (χ1) is 8.90. The van der Waals surface area contributed by atoms with E-state index in [9.17, 15) is 0 Å². The summed E-state index contributed by atoms with van der Waals surface area (Å²) >= 11 is 0. The van der Waals surface area contributed by atoms with Crippen LogP contribution in [0.3, 0.4) is 0 Å². The van der Waals surface area contributed by atoms with Gasteiger partial charge in [-0.15, -0.1) is 5.11 Å². The van der Waals surface area contributed by atoms with Gasteiger partial charge in [0.15, 0.2) is 5.75 Å². The molecule has 0 N–H and O–H groups in total. The summed E-state index contributed by atoms with van der Waals surface area (Å²) in [6.45, 7) is 2.33. The summed E-state index contributed by atoms with van der Waals surface area (Å²) < 4.78 is 0. The monoisotopic (exact) mass is 242 g/mol. The molecule has 18 heavy (non-hydrogen) atoms. The maximum atomic E-state index is 5.12. The predicted octanol–water partition coefficient (Wildman–Crippen LogP) is 4.43. The molecule has 0 aromatic heterocycles. The minimum absolute atomic E-state index is 0.476. The summed E-state index contributed by atoms with van der Waals surface area (Å²) in [5, 5.41) is 8.28. The fourth-order valence-electron chi connectivity index (χ4n) is 1.34. The van der Waals surface area contributed by atoms with Gasteiger partial charge < -0.3 is 4.89 Å². The molecule has 0 unspecified atom stereocenters. The maximum absolute atomic E-state index is 5.12. The van der Waals surface area contributed by atoms with E-state index in [1.807, 2.05) is 55.5 Å². The highest BCUT2D eigenvalue weighted by atomic mass is 17.2. The van der Waals surface area contributed by atoms with E-state index in [-0.39, 0.29) is 0 Å². The van der Waals surface area contributed by atoms with Crippen LogP contribution in [0.25, 0.3) is 0 Å². The molecule has 92 valence electrons. The molecule has 2 aromatic rings. The summed E-state index contributed by atoms with van der Waals surface area (Å²) in [7, 11) is 0. The number of hydrogen-bond acceptors (Lipinski definition) is 4. The van der Waals surface area contributed by atoms with E-state index in [1.165, 1.54) is 0 Å². The number of hydrogen-bond donors (Lipinski definition) is 0. The van der Waals surface area contributed by atoms with Crippen molar-refractivity contribution in [1.29, 1.82) is 0 Å². The summed E-state index contributed by atoms with van der Waals surface area (Å²) in [5.41, 5.74) is 1.43. The van der Waals surface area contributed by atoms with Crippen molar-refractivity contribution in [2.75, 3.05) is 6.61 Å². The molecule has 2 rings (SSSR count). The van der Waals surface area contributed by atoms with E-state index < -0.39 is 0 Å². The van der Waals surface area contributed by atoms with Gasteiger partial charge in [0.1, 0.15) is 5.69 Å². The lowest BCUT2D eigenvalue weighted by atomic mass is 10.3. The van der Waals surface area contributed by atoms with Gasteiger partial charge in [0.05, 0.1) is 12.3 Å². The quantitative estimate of drug-likeness (QED) is 0.442. The fourth-order valence-corrected chi connectivity index (χ4v) is 1.34. The molecule has 4 heteroatoms. The van der Waals surface area contributed by atoms with Gasteiger partial charge in [-0.25, -0.2) is 0 Å². The SMILES string of the molecule is CCOOc1ccccc1N=Nc1ccccc1. The topological polar surface area (TPSA) is 43.2 Å². The van der Waals surface area contributed by atoms with Crippen molar-refractivity contribution in [2.45, 2.75) is 6.92 Å². The maximum Gasteiger partial charge on any atom is 0.192 e. The third kappa shape index (κ3) is 3.40. The molecule has 0 radical (unpaired) electrons. The third-order valence-corrected chi connectivity index (χ3v) is 2.16. The zero-order valence-electron chi connectivity index (χ0n) is 10.1. The Bertz CT molecular complexity index is 512. The van der Waals surface area contributed by atoms with Crippen molar-refractivity contribution in [1.82, 2.24) is 0 Å². The van der Waals surface area contributed by atoms with Crippen LogP contribution in [-0.4, -0.2) is 6.61 Å². The molecule has 2 aromatic carbocycles. The van der Waals surface area contributed by atoms with Gasteiger partial charge in [0.2, 0.25) is 0 Å². The molecular formula is C14H14N2O2. The Hall–Kier alpha value is -2.20. The van der Waals surface area contributed by atoms with Crippen molar-refractivity contribution in [3.63, 3.8) is 0 Å². The van der Waals surface area contributed by atoms with Crippen molar-refractivity contribution < 1.29 is 9.78 Å². The van der Waals surface area contributed by atoms with Gasteiger partial charge in [-0.3, -0.25) is 0 Å². The molecular weight excluding hydrogens is 228 g/mol. The summed E-state index contributed by atoms with van der Waals surface area (Å²) in [5.74, 6) is 0.555. The molecule has 0 aliphatic rings. The first kappa shape index (κ1) is 12.3. The van der Waals surface area contributed by atoms with Crippen LogP contribution in [0.5, 0.6) is 5.75 Å². The Morgan fingerprint density at radius 3 is 2.39 bits per heavy atom. The zero-order chi connectivity index (χ0) is 12.6. The van der Waals surface area contributed by atoms with E-state index in [2.05, 4.69) is 10.2 Å². The van der Waals surface area contributed by atoms with Gasteiger partial charge in [-0.1, -0.05) is 30.3 Å². The van der Waals surface area contributed by atoms with E-state index in [4.69, 9.17) is 9.78 Å². The number of azo groups is 1. The summed E-state index contributed by atoms with van der Waals surface area (Å²) in [6, 6.07) is 16.9. The van der Waals surface area contributed by atoms with Crippen LogP contribution in [-0.2, 0) is 4.89 Å². The van der Waals surface area contributed by atoms with Crippen LogP contribution in [0, 0.1) is 0 Å². The summed E-state index contributed by atoms with van der Waals surface area (Å²) in [6.07, 6.45) is 0. The lowest BCUT2D eigenvalue weighted by Gasteiger charge is -2.04. The van der Waals surface area contributed by atoms with Crippen LogP contribution < -0.4 is 4.89 Å². The molecule has 0 heterocycles. The summed E-state index contributed by atoms with van der Waals surface area (Å²) in [4.78, 5) is 10.0. The van der Waals surface area contributed by atoms with E-state index in [0.717, 1.165) is 5.69 Å². The molecule has 0 fully saturated rings. The van der Waals surface area contributed by atoms with Crippen molar-refractivity contribution in [2.24, 2.45) is 10.2 Å². The second-order valence-corrected chi connectivity index (χ2v) is 3.49. The van der Waals surface area contributed by atoms with Gasteiger partial charge in [0.25, 0.3) is 0 Å². The molecule has 4 nitrogen and oxygen atoms in total. The zero-order valence-corrected chi connectivity index (χ0v) is 10.1. The highest BCUT2D eigenvalue weighted by Gasteiger charge is 2.02. The molecule has 0 saturated carbocycles. The first-order valence-electron chi connectivity index (χ1n) is 5.75. The van der Waals surface area contributed by atoms with Crippen molar-refractivity contribution >= 4 is 11.4 Å². The van der Waals surface area contributed by atoms with Crippen LogP contribution in [0.4, 0.5) is 11.4 Å². The minimum Gasteiger partial charge on any atom is -0.335 e. The average molecular weight is 242 g/mol. The highest BCUT2D eigenvalue weighted by Crippen LogP contribution is 2.28. The predicted molar refractivity (Wildman–Crippen MR) is 69.3 cm³/mol. The average Bonchev–Trinajstić information content (AvgIpc) is 2.45. The largest absolute Gasteiger partial charge is 0.335 e. The van der Waals surface area contributed by atoms with E-state index in [0.29, 0.717) is 18.0 Å². The van der Waals surface area contributed by atoms with Gasteiger partial charge in [-0.2, -0.15) is 10.0 Å². The van der Waals surface area contributed by atoms with Gasteiger partial charge in [-0.05, 0) is 31.2 Å². The molecule has 0 amide bonds. The standard InChI is InChI=1S/C14H14N2O2/c1-2-17-18-14-11-7-6-10-13(14)16-15-12-8-4-3-5-9-12/h3-11H,2H2,1H3. The van der Waals surface area contributed by atoms with Gasteiger partial charge in [0, 0.05) is 0 Å². The molecule has 0 aliphatic carbocycles. The third-order valence-electron chi connectivity index (χ3n) is 2.16. The van der Waals surface area contributed by atoms with Crippen molar-refractivity contribution in [3.8, 4) is 5.75 Å². The smallest absolute Gasteiger partial charge is 0.192 e. The fraction of sp³-hybridized carbons (Fsp3) is 0.143. The van der Waals surface area contributed by atoms with Gasteiger partial charge >= 0.3 is 0 Å². The lowest BCUT2D eigenvalue weighted by molar-refractivity contribution is -0.201. The number of para-hydroxylation sites is 1. The van der Waals surface area contributed by atoms with Crippen molar-refractivity contribution in [3.05, 3.63) is 54.6 Å². The molecule has 0 spiro atoms. The van der Waals surface area contributed by atoms with Crippen LogP contribution in [0.15, 0.2) is 64.8 Å². The Morgan fingerprint density at radius 2 is 1.61 bits per heavy atom. The minimum atomic E-state index is 0.476. The normalized spacial score (nSPS) is 10.7. The Labute approximate surface area is 106 Å². The Balaban J connectivity index is 2.15. The van der Waals surface area contributed by atoms with E-state index >= 15 is 0 Å². The Morgan fingerprint density at radius 1 is 0.889 bits per heavy atom. The number of benzene rings is 2. The lowest BCUT2D eigenvalue weighted by Crippen LogP contribution is -1.95. The molecule has 0 bridgehead atoms. The Kier molecular flexibility index (Phi) is 4.44. The van der Waals surface area contributed by atoms with E-state index in [1.54, 1.807) is 6.07 Å². The van der Waals surface area contributed by atoms with Crippen LogP contribution in [0.1, 0.15) is 6.92 Å². The second kappa shape index (κ2) is 6.51. The molecule has 0 aliphatic heterocycles. The number of nitrogens with zero attached hydrogens (tertiary/aromatic N) is 2. The first-order valence-corrected chi connectivity index (χ1v) is 5.75. The van der Waals surface area contributed by atoms with Crippen LogP contribution >= 0.6 is 0 Å². The van der Waals surface area contributed by atoms with Crippen LogP contribution in [0.2, 0.25) is 0 Å². The second-order valence-electron chi connectivity index (χ2n) is 3.49. The highest BCUT2D eigenvalue weighted by molar-refractivity contribution is 5.51.